The lowest BCUT2D eigenvalue weighted by molar-refractivity contribution is -0.129. The molecule has 4 rings (SSSR count). The summed E-state index contributed by atoms with van der Waals surface area (Å²) < 4.78 is 16.6. The quantitative estimate of drug-likeness (QED) is 0.478. The minimum absolute atomic E-state index is 0.176. The highest BCUT2D eigenvalue weighted by molar-refractivity contribution is 5.78. The van der Waals surface area contributed by atoms with Gasteiger partial charge < -0.3 is 19.1 Å². The number of hydrogen-bond donors (Lipinski definition) is 0. The minimum Gasteiger partial charge on any atom is -0.493 e. The lowest BCUT2D eigenvalue weighted by atomic mass is 10.0. The third-order valence-electron chi connectivity index (χ3n) is 5.90. The van der Waals surface area contributed by atoms with E-state index in [0.29, 0.717) is 31.1 Å². The molecule has 166 valence electrons. The first-order chi connectivity index (χ1) is 15.7. The molecule has 0 aromatic heterocycles. The normalized spacial score (nSPS) is 15.6. The Kier molecular flexibility index (Phi) is 6.95. The number of ether oxygens (including phenoxy) is 3. The molecule has 5 heteroatoms. The van der Waals surface area contributed by atoms with Crippen LogP contribution in [0.2, 0.25) is 0 Å². The second-order valence-corrected chi connectivity index (χ2v) is 8.03. The van der Waals surface area contributed by atoms with E-state index in [1.165, 1.54) is 0 Å². The Labute approximate surface area is 189 Å². The van der Waals surface area contributed by atoms with Gasteiger partial charge in [0.1, 0.15) is 12.4 Å². The first kappa shape index (κ1) is 21.8. The molecule has 1 unspecified atom stereocenters. The van der Waals surface area contributed by atoms with Crippen LogP contribution in [-0.2, 0) is 24.4 Å². The van der Waals surface area contributed by atoms with E-state index in [1.54, 1.807) is 14.2 Å². The third kappa shape index (κ3) is 5.22. The molecule has 1 aliphatic rings. The lowest BCUT2D eigenvalue weighted by Crippen LogP contribution is -2.33. The molecule has 3 aromatic carbocycles. The van der Waals surface area contributed by atoms with Crippen LogP contribution in [0.25, 0.3) is 0 Å². The largest absolute Gasteiger partial charge is 0.493 e. The Balaban J connectivity index is 1.38. The molecule has 1 saturated heterocycles. The highest BCUT2D eigenvalue weighted by Gasteiger charge is 2.31. The smallest absolute Gasteiger partial charge is 0.223 e. The van der Waals surface area contributed by atoms with Gasteiger partial charge in [0, 0.05) is 19.0 Å². The van der Waals surface area contributed by atoms with E-state index in [4.69, 9.17) is 14.2 Å². The molecular weight excluding hydrogens is 402 g/mol. The second kappa shape index (κ2) is 10.2. The van der Waals surface area contributed by atoms with Gasteiger partial charge in [-0.05, 0) is 53.8 Å². The highest BCUT2D eigenvalue weighted by Crippen LogP contribution is 2.31. The highest BCUT2D eigenvalue weighted by atomic mass is 16.5. The average Bonchev–Trinajstić information content (AvgIpc) is 3.18. The van der Waals surface area contributed by atoms with Crippen molar-refractivity contribution in [2.45, 2.75) is 38.5 Å². The zero-order chi connectivity index (χ0) is 22.3. The van der Waals surface area contributed by atoms with E-state index in [2.05, 4.69) is 0 Å². The van der Waals surface area contributed by atoms with E-state index in [1.807, 2.05) is 77.7 Å². The summed E-state index contributed by atoms with van der Waals surface area (Å²) in [5, 5.41) is 0. The number of hydrogen-bond acceptors (Lipinski definition) is 4. The van der Waals surface area contributed by atoms with Crippen molar-refractivity contribution >= 4 is 5.91 Å². The van der Waals surface area contributed by atoms with E-state index in [9.17, 15) is 4.79 Å². The predicted molar refractivity (Wildman–Crippen MR) is 124 cm³/mol. The molecule has 1 amide bonds. The first-order valence-electron chi connectivity index (χ1n) is 10.9. The number of nitrogens with zero attached hydrogens (tertiary/aromatic N) is 1. The maximum atomic E-state index is 12.6. The summed E-state index contributed by atoms with van der Waals surface area (Å²) in [6.07, 6.45) is 2.26. The van der Waals surface area contributed by atoms with Gasteiger partial charge in [-0.25, -0.2) is 0 Å². The summed E-state index contributed by atoms with van der Waals surface area (Å²) in [5.41, 5.74) is 3.37. The standard InChI is InChI=1S/C27H29NO4/c1-30-25-14-10-22(17-26(25)31-2)16-23-11-15-27(29)28(23)18-20-8-12-24(13-9-20)32-19-21-6-4-3-5-7-21/h3-10,12-14,17,23H,11,15-16,18-19H2,1-2H3. The van der Waals surface area contributed by atoms with E-state index >= 15 is 0 Å². The molecule has 5 nitrogen and oxygen atoms in total. The zero-order valence-corrected chi connectivity index (χ0v) is 18.6. The molecule has 1 aliphatic heterocycles. The molecule has 0 N–H and O–H groups in total. The molecule has 3 aromatic rings. The monoisotopic (exact) mass is 431 g/mol. The maximum Gasteiger partial charge on any atom is 0.223 e. The van der Waals surface area contributed by atoms with Gasteiger partial charge in [-0.3, -0.25) is 4.79 Å². The number of carbonyl (C=O) groups is 1. The van der Waals surface area contributed by atoms with Gasteiger partial charge in [-0.15, -0.1) is 0 Å². The fourth-order valence-electron chi connectivity index (χ4n) is 4.13. The third-order valence-corrected chi connectivity index (χ3v) is 5.90. The predicted octanol–water partition coefficient (Wildman–Crippen LogP) is 5.02. The zero-order valence-electron chi connectivity index (χ0n) is 18.6. The van der Waals surface area contributed by atoms with Gasteiger partial charge >= 0.3 is 0 Å². The number of methoxy groups -OCH3 is 2. The summed E-state index contributed by atoms with van der Waals surface area (Å²) in [5.74, 6) is 2.46. The summed E-state index contributed by atoms with van der Waals surface area (Å²) in [6.45, 7) is 1.15. The molecular formula is C27H29NO4. The van der Waals surface area contributed by atoms with Gasteiger partial charge in [0.25, 0.3) is 0 Å². The summed E-state index contributed by atoms with van der Waals surface area (Å²) >= 11 is 0. The molecule has 0 radical (unpaired) electrons. The van der Waals surface area contributed by atoms with Crippen LogP contribution in [-0.4, -0.2) is 31.1 Å². The number of benzene rings is 3. The molecule has 32 heavy (non-hydrogen) atoms. The van der Waals surface area contributed by atoms with Crippen molar-refractivity contribution in [1.29, 1.82) is 0 Å². The van der Waals surface area contributed by atoms with Crippen LogP contribution in [0.4, 0.5) is 0 Å². The molecule has 1 heterocycles. The number of carbonyl (C=O) groups excluding carboxylic acids is 1. The van der Waals surface area contributed by atoms with Crippen LogP contribution in [0, 0.1) is 0 Å². The van der Waals surface area contributed by atoms with Crippen molar-refractivity contribution in [2.75, 3.05) is 14.2 Å². The topological polar surface area (TPSA) is 48.0 Å². The number of rotatable bonds is 9. The summed E-state index contributed by atoms with van der Waals surface area (Å²) in [4.78, 5) is 14.6. The van der Waals surface area contributed by atoms with Crippen LogP contribution in [0.1, 0.15) is 29.5 Å². The molecule has 0 saturated carbocycles. The Bertz CT molecular complexity index is 1030. The average molecular weight is 432 g/mol. The minimum atomic E-state index is 0.176. The lowest BCUT2D eigenvalue weighted by Gasteiger charge is -2.25. The fourth-order valence-corrected chi connectivity index (χ4v) is 4.13. The van der Waals surface area contributed by atoms with E-state index < -0.39 is 0 Å². The van der Waals surface area contributed by atoms with Crippen LogP contribution < -0.4 is 14.2 Å². The SMILES string of the molecule is COc1ccc(CC2CCC(=O)N2Cc2ccc(OCc3ccccc3)cc2)cc1OC. The van der Waals surface area contributed by atoms with Crippen LogP contribution in [0.3, 0.4) is 0 Å². The van der Waals surface area contributed by atoms with Gasteiger partial charge in [-0.1, -0.05) is 48.5 Å². The number of amides is 1. The molecule has 0 bridgehead atoms. The Morgan fingerprint density at radius 2 is 1.56 bits per heavy atom. The fraction of sp³-hybridized carbons (Fsp3) is 0.296. The Hall–Kier alpha value is -3.47. The molecule has 0 aliphatic carbocycles. The van der Waals surface area contributed by atoms with Crippen molar-refractivity contribution < 1.29 is 19.0 Å². The number of likely N-dealkylation sites (tertiary alicyclic amines) is 1. The molecule has 1 fully saturated rings. The van der Waals surface area contributed by atoms with E-state index in [0.717, 1.165) is 35.3 Å². The Morgan fingerprint density at radius 1 is 0.844 bits per heavy atom. The molecule has 0 spiro atoms. The van der Waals surface area contributed by atoms with Crippen molar-refractivity contribution in [1.82, 2.24) is 4.90 Å². The first-order valence-corrected chi connectivity index (χ1v) is 10.9. The van der Waals surface area contributed by atoms with Gasteiger partial charge in [0.2, 0.25) is 5.91 Å². The molecule has 1 atom stereocenters. The van der Waals surface area contributed by atoms with E-state index in [-0.39, 0.29) is 11.9 Å². The summed E-state index contributed by atoms with van der Waals surface area (Å²) in [6, 6.07) is 24.3. The van der Waals surface area contributed by atoms with Crippen LogP contribution >= 0.6 is 0 Å². The van der Waals surface area contributed by atoms with Crippen molar-refractivity contribution in [3.05, 3.63) is 89.5 Å². The van der Waals surface area contributed by atoms with Gasteiger partial charge in [0.05, 0.1) is 14.2 Å². The van der Waals surface area contributed by atoms with Gasteiger partial charge in [-0.2, -0.15) is 0 Å². The van der Waals surface area contributed by atoms with Gasteiger partial charge in [0.15, 0.2) is 11.5 Å². The van der Waals surface area contributed by atoms with Crippen molar-refractivity contribution in [2.24, 2.45) is 0 Å². The summed E-state index contributed by atoms with van der Waals surface area (Å²) in [7, 11) is 3.27. The second-order valence-electron chi connectivity index (χ2n) is 8.03. The van der Waals surface area contributed by atoms with Crippen molar-refractivity contribution in [3.8, 4) is 17.2 Å². The van der Waals surface area contributed by atoms with Crippen molar-refractivity contribution in [3.63, 3.8) is 0 Å². The van der Waals surface area contributed by atoms with Crippen LogP contribution in [0.15, 0.2) is 72.8 Å². The van der Waals surface area contributed by atoms with Crippen LogP contribution in [0.5, 0.6) is 17.2 Å². The Morgan fingerprint density at radius 3 is 2.28 bits per heavy atom. The maximum absolute atomic E-state index is 12.6.